The van der Waals surface area contributed by atoms with Gasteiger partial charge in [0.15, 0.2) is 6.49 Å². The average Bonchev–Trinajstić information content (AvgIpc) is 2.18. The van der Waals surface area contributed by atoms with E-state index in [2.05, 4.69) is 0 Å². The maximum Gasteiger partial charge on any atom is 0.339 e. The van der Waals surface area contributed by atoms with Crippen LogP contribution in [0.4, 0.5) is 0 Å². The number of rotatable bonds is 7. The van der Waals surface area contributed by atoms with Gasteiger partial charge in [-0.15, -0.1) is 0 Å². The lowest BCUT2D eigenvalue weighted by Crippen LogP contribution is -2.01. The summed E-state index contributed by atoms with van der Waals surface area (Å²) in [4.78, 5) is 0. The molecule has 0 amide bonds. The Hall–Kier alpha value is 0.720. The molecule has 1 unspecified atom stereocenters. The Kier molecular flexibility index (Phi) is 6.66. The predicted molar refractivity (Wildman–Crippen MR) is 59.4 cm³/mol. The van der Waals surface area contributed by atoms with Crippen LogP contribution in [0.5, 0.6) is 0 Å². The zero-order valence-corrected chi connectivity index (χ0v) is 11.4. The van der Waals surface area contributed by atoms with E-state index in [9.17, 15) is 4.57 Å². The summed E-state index contributed by atoms with van der Waals surface area (Å²) in [5, 5.41) is 0. The topological polar surface area (TPSA) is 54.0 Å². The molecule has 0 aromatic carbocycles. The molecule has 86 valence electrons. The fourth-order valence-corrected chi connectivity index (χ4v) is 6.08. The first-order valence-electron chi connectivity index (χ1n) is 3.95. The van der Waals surface area contributed by atoms with Crippen LogP contribution in [0.25, 0.3) is 0 Å². The van der Waals surface area contributed by atoms with Crippen molar-refractivity contribution in [2.24, 2.45) is 0 Å². The zero-order valence-electron chi connectivity index (χ0n) is 8.76. The first-order chi connectivity index (χ1) is 6.45. The van der Waals surface area contributed by atoms with Crippen LogP contribution in [-0.4, -0.2) is 33.8 Å². The third-order valence-corrected chi connectivity index (χ3v) is 8.53. The van der Waals surface area contributed by atoms with Crippen molar-refractivity contribution < 1.29 is 22.7 Å². The fourth-order valence-electron chi connectivity index (χ4n) is 0.750. The molecule has 1 atom stereocenters. The second kappa shape index (κ2) is 6.33. The largest absolute Gasteiger partial charge is 0.339 e. The molecule has 0 aromatic heterocycles. The molecular weight excluding hydrogens is 246 g/mol. The van der Waals surface area contributed by atoms with Crippen molar-refractivity contribution in [3.05, 3.63) is 0 Å². The van der Waals surface area contributed by atoms with Gasteiger partial charge in [-0.25, -0.2) is 0 Å². The van der Waals surface area contributed by atoms with Crippen LogP contribution >= 0.6 is 14.1 Å². The van der Waals surface area contributed by atoms with Crippen LogP contribution in [0.1, 0.15) is 6.92 Å². The third kappa shape index (κ3) is 4.49. The van der Waals surface area contributed by atoms with E-state index in [1.807, 2.05) is 0 Å². The van der Waals surface area contributed by atoms with Gasteiger partial charge in [-0.05, 0) is 18.7 Å². The third-order valence-electron chi connectivity index (χ3n) is 1.51. The molecule has 0 aliphatic carbocycles. The van der Waals surface area contributed by atoms with Gasteiger partial charge < -0.3 is 18.1 Å². The first-order valence-corrected chi connectivity index (χ1v) is 8.50. The lowest BCUT2D eigenvalue weighted by Gasteiger charge is -2.22. The molecule has 0 aromatic rings. The fraction of sp³-hybridized carbons (Fsp3) is 1.00. The monoisotopic (exact) mass is 262 g/mol. The van der Waals surface area contributed by atoms with E-state index in [-0.39, 0.29) is 5.90 Å². The molecule has 0 heterocycles. The minimum absolute atomic E-state index is 0.00727. The molecule has 5 nitrogen and oxygen atoms in total. The highest BCUT2D eigenvalue weighted by molar-refractivity contribution is 8.12. The summed E-state index contributed by atoms with van der Waals surface area (Å²) in [6.07, 6.45) is 0. The van der Waals surface area contributed by atoms with Crippen molar-refractivity contribution in [1.82, 2.24) is 0 Å². The Labute approximate surface area is 89.8 Å². The van der Waals surface area contributed by atoms with E-state index in [1.165, 1.54) is 21.3 Å². The smallest absolute Gasteiger partial charge is 0.332 e. The van der Waals surface area contributed by atoms with Gasteiger partial charge in [-0.2, -0.15) is 0 Å². The lowest BCUT2D eigenvalue weighted by atomic mass is 10.9. The lowest BCUT2D eigenvalue weighted by molar-refractivity contribution is 0.245. The van der Waals surface area contributed by atoms with Crippen LogP contribution < -0.4 is 0 Å². The van der Waals surface area contributed by atoms with Gasteiger partial charge in [0, 0.05) is 21.3 Å². The highest BCUT2D eigenvalue weighted by Crippen LogP contribution is 2.63. The van der Waals surface area contributed by atoms with E-state index >= 15 is 0 Å². The maximum absolute atomic E-state index is 11.9. The SMILES string of the molecule is CCOP(=O)(CP(=S)(OC)OC)OC. The van der Waals surface area contributed by atoms with Gasteiger partial charge in [-0.3, -0.25) is 4.57 Å². The molecule has 0 bridgehead atoms. The zero-order chi connectivity index (χ0) is 11.2. The predicted octanol–water partition coefficient (Wildman–Crippen LogP) is 2.42. The average molecular weight is 262 g/mol. The van der Waals surface area contributed by atoms with Crippen LogP contribution in [0.15, 0.2) is 0 Å². The van der Waals surface area contributed by atoms with Gasteiger partial charge in [0.2, 0.25) is 0 Å². The van der Waals surface area contributed by atoms with E-state index in [0.29, 0.717) is 6.61 Å². The molecule has 0 rings (SSSR count). The van der Waals surface area contributed by atoms with Gasteiger partial charge >= 0.3 is 7.60 Å². The van der Waals surface area contributed by atoms with Crippen LogP contribution in [-0.2, 0) is 34.5 Å². The number of hydrogen-bond donors (Lipinski definition) is 0. The van der Waals surface area contributed by atoms with Crippen LogP contribution in [0, 0.1) is 0 Å². The Bertz CT molecular complexity index is 249. The van der Waals surface area contributed by atoms with Gasteiger partial charge in [0.25, 0.3) is 0 Å². The number of hydrogen-bond acceptors (Lipinski definition) is 6. The first kappa shape index (κ1) is 14.7. The maximum atomic E-state index is 11.9. The van der Waals surface area contributed by atoms with E-state index in [1.54, 1.807) is 6.92 Å². The summed E-state index contributed by atoms with van der Waals surface area (Å²) in [5.74, 6) is -0.00727. The van der Waals surface area contributed by atoms with Crippen molar-refractivity contribution >= 4 is 25.9 Å². The van der Waals surface area contributed by atoms with Crippen molar-refractivity contribution in [1.29, 1.82) is 0 Å². The molecule has 8 heteroatoms. The summed E-state index contributed by atoms with van der Waals surface area (Å²) in [5.41, 5.74) is 0. The normalized spacial score (nSPS) is 16.6. The van der Waals surface area contributed by atoms with E-state index in [0.717, 1.165) is 0 Å². The Morgan fingerprint density at radius 3 is 1.93 bits per heavy atom. The van der Waals surface area contributed by atoms with Gasteiger partial charge in [0.1, 0.15) is 5.90 Å². The second-order valence-electron chi connectivity index (χ2n) is 2.33. The molecule has 0 spiro atoms. The standard InChI is InChI=1S/C6H16O5P2S/c1-5-11-12(7,8-2)6-13(14,9-3)10-4/h5-6H2,1-4H3. The Balaban J connectivity index is 4.59. The molecule has 0 radical (unpaired) electrons. The van der Waals surface area contributed by atoms with Crippen molar-refractivity contribution in [3.8, 4) is 0 Å². The molecule has 0 aliphatic heterocycles. The quantitative estimate of drug-likeness (QED) is 0.657. The summed E-state index contributed by atoms with van der Waals surface area (Å²) < 4.78 is 31.7. The molecular formula is C6H16O5P2S. The highest BCUT2D eigenvalue weighted by Gasteiger charge is 2.32. The second-order valence-corrected chi connectivity index (χ2v) is 8.93. The Morgan fingerprint density at radius 1 is 1.14 bits per heavy atom. The van der Waals surface area contributed by atoms with E-state index in [4.69, 9.17) is 29.9 Å². The minimum atomic E-state index is -3.16. The van der Waals surface area contributed by atoms with Crippen molar-refractivity contribution in [3.63, 3.8) is 0 Å². The molecule has 14 heavy (non-hydrogen) atoms. The summed E-state index contributed by atoms with van der Waals surface area (Å²) in [6, 6.07) is 0. The molecule has 0 saturated heterocycles. The van der Waals surface area contributed by atoms with E-state index < -0.39 is 14.1 Å². The molecule has 0 saturated carbocycles. The van der Waals surface area contributed by atoms with Gasteiger partial charge in [-0.1, -0.05) is 0 Å². The summed E-state index contributed by atoms with van der Waals surface area (Å²) in [6.45, 7) is -0.498. The summed E-state index contributed by atoms with van der Waals surface area (Å²) >= 11 is 5.07. The van der Waals surface area contributed by atoms with Gasteiger partial charge in [0.05, 0.1) is 6.61 Å². The van der Waals surface area contributed by atoms with Crippen LogP contribution in [0.2, 0.25) is 0 Å². The highest BCUT2D eigenvalue weighted by atomic mass is 32.5. The molecule has 0 aliphatic rings. The molecule has 0 N–H and O–H groups in total. The van der Waals surface area contributed by atoms with Crippen molar-refractivity contribution in [2.75, 3.05) is 33.8 Å². The molecule has 0 fully saturated rings. The Morgan fingerprint density at radius 2 is 1.64 bits per heavy atom. The van der Waals surface area contributed by atoms with Crippen molar-refractivity contribution in [2.45, 2.75) is 6.92 Å². The summed E-state index contributed by atoms with van der Waals surface area (Å²) in [7, 11) is 1.01. The minimum Gasteiger partial charge on any atom is -0.332 e. The van der Waals surface area contributed by atoms with Crippen LogP contribution in [0.3, 0.4) is 0 Å².